The first-order valence-corrected chi connectivity index (χ1v) is 10.2. The highest BCUT2D eigenvalue weighted by molar-refractivity contribution is 6.15. The third-order valence-corrected chi connectivity index (χ3v) is 4.97. The zero-order valence-electron chi connectivity index (χ0n) is 18.5. The summed E-state index contributed by atoms with van der Waals surface area (Å²) in [4.78, 5) is 50.0. The van der Waals surface area contributed by atoms with Gasteiger partial charge in [0.15, 0.2) is 12.4 Å². The van der Waals surface area contributed by atoms with Crippen LogP contribution in [-0.2, 0) is 9.53 Å². The summed E-state index contributed by atoms with van der Waals surface area (Å²) in [5, 5.41) is 2.15. The third-order valence-electron chi connectivity index (χ3n) is 4.97. The summed E-state index contributed by atoms with van der Waals surface area (Å²) in [6, 6.07) is 17.9. The van der Waals surface area contributed by atoms with Gasteiger partial charge in [0.05, 0.1) is 12.7 Å². The predicted octanol–water partition coefficient (Wildman–Crippen LogP) is 3.66. The topological polar surface area (TPSA) is 98.8 Å². The second-order valence-corrected chi connectivity index (χ2v) is 7.38. The van der Waals surface area contributed by atoms with Gasteiger partial charge in [-0.2, -0.15) is 0 Å². The lowest BCUT2D eigenvalue weighted by atomic mass is 9.94. The molecule has 168 valence electrons. The van der Waals surface area contributed by atoms with Crippen LogP contribution >= 0.6 is 0 Å². The van der Waals surface area contributed by atoms with Gasteiger partial charge in [-0.15, -0.1) is 0 Å². The Balaban J connectivity index is 1.67. The van der Waals surface area contributed by atoms with Crippen molar-refractivity contribution in [1.29, 1.82) is 0 Å². The van der Waals surface area contributed by atoms with E-state index in [9.17, 15) is 19.2 Å². The van der Waals surface area contributed by atoms with Crippen molar-refractivity contribution in [3.8, 4) is 5.75 Å². The lowest BCUT2D eigenvalue weighted by molar-refractivity contribution is -0.123. The van der Waals surface area contributed by atoms with Crippen molar-refractivity contribution >= 4 is 23.6 Å². The van der Waals surface area contributed by atoms with Crippen LogP contribution in [0.5, 0.6) is 5.75 Å². The Kier molecular flexibility index (Phi) is 7.35. The summed E-state index contributed by atoms with van der Waals surface area (Å²) in [5.74, 6) is -2.01. The van der Waals surface area contributed by atoms with E-state index in [1.807, 2.05) is 26.0 Å². The fourth-order valence-corrected chi connectivity index (χ4v) is 3.17. The lowest BCUT2D eigenvalue weighted by Gasteiger charge is -2.11. The van der Waals surface area contributed by atoms with Crippen LogP contribution in [-0.4, -0.2) is 37.3 Å². The predicted molar refractivity (Wildman–Crippen MR) is 122 cm³/mol. The molecule has 0 radical (unpaired) electrons. The molecule has 0 heterocycles. The molecule has 3 aromatic rings. The Bertz CT molecular complexity index is 1210. The molecule has 0 aliphatic heterocycles. The molecule has 0 aromatic heterocycles. The Morgan fingerprint density at radius 2 is 1.48 bits per heavy atom. The largest absolute Gasteiger partial charge is 0.497 e. The monoisotopic (exact) mass is 445 g/mol. The van der Waals surface area contributed by atoms with Gasteiger partial charge in [0.1, 0.15) is 5.75 Å². The standard InChI is InChI=1S/C26H23NO6/c1-16-8-9-17(2)22(14-16)24(29)20-6-4-5-7-21(20)26(31)33-15-23(28)27-25(30)18-10-12-19(32-3)13-11-18/h4-14H,15H2,1-3H3,(H,27,28,30). The number of ketones is 1. The summed E-state index contributed by atoms with van der Waals surface area (Å²) < 4.78 is 10.1. The van der Waals surface area contributed by atoms with Crippen molar-refractivity contribution < 1.29 is 28.7 Å². The van der Waals surface area contributed by atoms with E-state index in [0.29, 0.717) is 11.3 Å². The van der Waals surface area contributed by atoms with Gasteiger partial charge < -0.3 is 9.47 Å². The van der Waals surface area contributed by atoms with Crippen LogP contribution in [0.1, 0.15) is 47.8 Å². The number of methoxy groups -OCH3 is 1. The van der Waals surface area contributed by atoms with E-state index in [1.54, 1.807) is 30.3 Å². The molecule has 33 heavy (non-hydrogen) atoms. The van der Waals surface area contributed by atoms with E-state index in [2.05, 4.69) is 5.32 Å². The first-order valence-electron chi connectivity index (χ1n) is 10.2. The summed E-state index contributed by atoms with van der Waals surface area (Å²) in [7, 11) is 1.50. The molecule has 7 heteroatoms. The smallest absolute Gasteiger partial charge is 0.339 e. The molecule has 0 saturated heterocycles. The van der Waals surface area contributed by atoms with E-state index in [-0.39, 0.29) is 22.5 Å². The van der Waals surface area contributed by atoms with Crippen molar-refractivity contribution in [3.63, 3.8) is 0 Å². The SMILES string of the molecule is COc1ccc(C(=O)NC(=O)COC(=O)c2ccccc2C(=O)c2cc(C)ccc2C)cc1. The molecule has 3 aromatic carbocycles. The maximum atomic E-state index is 13.1. The van der Waals surface area contributed by atoms with Gasteiger partial charge in [0.2, 0.25) is 0 Å². The Hall–Kier alpha value is -4.26. The highest BCUT2D eigenvalue weighted by Crippen LogP contribution is 2.19. The summed E-state index contributed by atoms with van der Waals surface area (Å²) in [6.07, 6.45) is 0. The molecule has 0 unspecified atom stereocenters. The number of imide groups is 1. The van der Waals surface area contributed by atoms with Crippen LogP contribution in [0.3, 0.4) is 0 Å². The van der Waals surface area contributed by atoms with Crippen LogP contribution in [0.4, 0.5) is 0 Å². The first kappa shape index (κ1) is 23.4. The fraction of sp³-hybridized carbons (Fsp3) is 0.154. The number of carbonyl (C=O) groups is 4. The number of hydrogen-bond acceptors (Lipinski definition) is 6. The van der Waals surface area contributed by atoms with E-state index in [1.165, 1.54) is 31.4 Å². The van der Waals surface area contributed by atoms with Gasteiger partial charge in [0, 0.05) is 16.7 Å². The van der Waals surface area contributed by atoms with Crippen LogP contribution in [0.25, 0.3) is 0 Å². The molecule has 0 aliphatic rings. The van der Waals surface area contributed by atoms with Gasteiger partial charge >= 0.3 is 5.97 Å². The molecule has 0 fully saturated rings. The molecule has 0 saturated carbocycles. The number of benzene rings is 3. The minimum atomic E-state index is -0.837. The normalized spacial score (nSPS) is 10.3. The molecule has 7 nitrogen and oxygen atoms in total. The van der Waals surface area contributed by atoms with E-state index in [0.717, 1.165) is 11.1 Å². The Labute approximate surface area is 191 Å². The quantitative estimate of drug-likeness (QED) is 0.440. The summed E-state index contributed by atoms with van der Waals surface area (Å²) in [5.41, 5.74) is 2.65. The van der Waals surface area contributed by atoms with Gasteiger partial charge in [-0.1, -0.05) is 35.9 Å². The van der Waals surface area contributed by atoms with Crippen LogP contribution in [0.2, 0.25) is 0 Å². The number of hydrogen-bond donors (Lipinski definition) is 1. The summed E-state index contributed by atoms with van der Waals surface area (Å²) in [6.45, 7) is 3.02. The van der Waals surface area contributed by atoms with Crippen LogP contribution < -0.4 is 10.1 Å². The summed E-state index contributed by atoms with van der Waals surface area (Å²) >= 11 is 0. The molecule has 0 aliphatic carbocycles. The van der Waals surface area contributed by atoms with Crippen LogP contribution in [0, 0.1) is 13.8 Å². The zero-order chi connectivity index (χ0) is 24.0. The van der Waals surface area contributed by atoms with Crippen LogP contribution in [0.15, 0.2) is 66.7 Å². The number of ether oxygens (including phenoxy) is 2. The van der Waals surface area contributed by atoms with Gasteiger partial charge in [-0.05, 0) is 55.8 Å². The molecule has 2 amide bonds. The second kappa shape index (κ2) is 10.4. The molecule has 1 N–H and O–H groups in total. The third kappa shape index (κ3) is 5.71. The van der Waals surface area contributed by atoms with E-state index >= 15 is 0 Å². The zero-order valence-corrected chi connectivity index (χ0v) is 18.5. The number of aryl methyl sites for hydroxylation is 2. The van der Waals surface area contributed by atoms with Crippen molar-refractivity contribution in [2.24, 2.45) is 0 Å². The Morgan fingerprint density at radius 3 is 2.15 bits per heavy atom. The highest BCUT2D eigenvalue weighted by atomic mass is 16.5. The lowest BCUT2D eigenvalue weighted by Crippen LogP contribution is -2.34. The van der Waals surface area contributed by atoms with Gasteiger partial charge in [0.25, 0.3) is 11.8 Å². The van der Waals surface area contributed by atoms with E-state index < -0.39 is 24.4 Å². The maximum Gasteiger partial charge on any atom is 0.339 e. The number of rotatable bonds is 7. The minimum absolute atomic E-state index is 0.0395. The molecule has 0 atom stereocenters. The minimum Gasteiger partial charge on any atom is -0.497 e. The number of nitrogens with one attached hydrogen (secondary N) is 1. The van der Waals surface area contributed by atoms with Crippen molar-refractivity contribution in [1.82, 2.24) is 5.32 Å². The average Bonchev–Trinajstić information content (AvgIpc) is 2.83. The van der Waals surface area contributed by atoms with Crippen molar-refractivity contribution in [2.45, 2.75) is 13.8 Å². The highest BCUT2D eigenvalue weighted by Gasteiger charge is 2.21. The molecular weight excluding hydrogens is 422 g/mol. The molecular formula is C26H23NO6. The van der Waals surface area contributed by atoms with Crippen molar-refractivity contribution in [2.75, 3.05) is 13.7 Å². The number of esters is 1. The number of amides is 2. The van der Waals surface area contributed by atoms with Crippen molar-refractivity contribution in [3.05, 3.63) is 100 Å². The number of carbonyl (C=O) groups excluding carboxylic acids is 4. The molecule has 0 bridgehead atoms. The average molecular weight is 445 g/mol. The fourth-order valence-electron chi connectivity index (χ4n) is 3.17. The molecule has 3 rings (SSSR count). The first-order chi connectivity index (χ1) is 15.8. The van der Waals surface area contributed by atoms with Gasteiger partial charge in [-0.3, -0.25) is 19.7 Å². The van der Waals surface area contributed by atoms with Gasteiger partial charge in [-0.25, -0.2) is 4.79 Å². The molecule has 0 spiro atoms. The Morgan fingerprint density at radius 1 is 0.818 bits per heavy atom. The second-order valence-electron chi connectivity index (χ2n) is 7.38. The van der Waals surface area contributed by atoms with E-state index in [4.69, 9.17) is 9.47 Å². The maximum absolute atomic E-state index is 13.1.